The van der Waals surface area contributed by atoms with Gasteiger partial charge in [0.05, 0.1) is 5.56 Å². The number of hydrogen-bond donors (Lipinski definition) is 1. The number of aryl methyl sites for hydroxylation is 2. The first-order chi connectivity index (χ1) is 10.4. The summed E-state index contributed by atoms with van der Waals surface area (Å²) in [4.78, 5) is 13.1. The third kappa shape index (κ3) is 3.40. The van der Waals surface area contributed by atoms with E-state index in [0.717, 1.165) is 22.0 Å². The van der Waals surface area contributed by atoms with Crippen molar-refractivity contribution in [2.24, 2.45) is 7.05 Å². The van der Waals surface area contributed by atoms with E-state index >= 15 is 0 Å². The molecule has 0 fully saturated rings. The molecule has 1 amide bonds. The zero-order valence-corrected chi connectivity index (χ0v) is 12.6. The van der Waals surface area contributed by atoms with Crippen molar-refractivity contribution >= 4 is 22.2 Å². The Balaban J connectivity index is 2.19. The van der Waals surface area contributed by atoms with Crippen LogP contribution >= 0.6 is 11.3 Å². The van der Waals surface area contributed by atoms with Crippen molar-refractivity contribution in [3.05, 3.63) is 28.3 Å². The van der Waals surface area contributed by atoms with Crippen molar-refractivity contribution in [1.82, 2.24) is 9.78 Å². The van der Waals surface area contributed by atoms with Gasteiger partial charge in [-0.1, -0.05) is 6.92 Å². The number of aromatic nitrogens is 2. The Kier molecular flexibility index (Phi) is 4.72. The maximum absolute atomic E-state index is 12.2. The summed E-state index contributed by atoms with van der Waals surface area (Å²) in [6.07, 6.45) is 0.741. The molecule has 0 radical (unpaired) electrons. The van der Waals surface area contributed by atoms with Gasteiger partial charge in [-0.05, 0) is 12.5 Å². The number of amides is 1. The summed E-state index contributed by atoms with van der Waals surface area (Å²) in [5, 5.41) is 15.8. The normalized spacial score (nSPS) is 10.5. The van der Waals surface area contributed by atoms with Gasteiger partial charge < -0.3 is 10.1 Å². The van der Waals surface area contributed by atoms with Gasteiger partial charge in [0, 0.05) is 18.0 Å². The number of rotatable bonds is 5. The Hall–Kier alpha value is -2.47. The van der Waals surface area contributed by atoms with E-state index < -0.39 is 12.5 Å². The number of nitrogens with one attached hydrogen (secondary N) is 1. The molecular weight excluding hydrogens is 314 g/mol. The minimum Gasteiger partial charge on any atom is -0.417 e. The number of carbonyl (C=O) groups excluding carboxylic acids is 1. The Morgan fingerprint density at radius 2 is 2.32 bits per heavy atom. The average molecular weight is 326 g/mol. The smallest absolute Gasteiger partial charge is 0.388 e. The number of thiophene rings is 1. The molecule has 0 saturated heterocycles. The van der Waals surface area contributed by atoms with Crippen molar-refractivity contribution in [2.45, 2.75) is 20.0 Å². The quantitative estimate of drug-likeness (QED) is 0.916. The molecule has 0 aromatic carbocycles. The summed E-state index contributed by atoms with van der Waals surface area (Å²) in [5.41, 5.74) is 0.281. The Morgan fingerprint density at radius 3 is 2.91 bits per heavy atom. The van der Waals surface area contributed by atoms with Crippen LogP contribution in [-0.4, -0.2) is 22.3 Å². The van der Waals surface area contributed by atoms with Gasteiger partial charge >= 0.3 is 6.61 Å². The molecule has 2 heterocycles. The van der Waals surface area contributed by atoms with Gasteiger partial charge in [-0.15, -0.1) is 11.3 Å². The molecule has 2 aromatic rings. The topological polar surface area (TPSA) is 79.9 Å². The van der Waals surface area contributed by atoms with Crippen molar-refractivity contribution in [3.8, 4) is 11.9 Å². The SMILES string of the molecule is CCc1cc(C#N)c(NC(=O)c2cc(OC(F)F)n(C)n2)s1. The maximum Gasteiger partial charge on any atom is 0.388 e. The predicted molar refractivity (Wildman–Crippen MR) is 76.2 cm³/mol. The van der Waals surface area contributed by atoms with Crippen LogP contribution in [0.1, 0.15) is 27.9 Å². The summed E-state index contributed by atoms with van der Waals surface area (Å²) < 4.78 is 29.7. The highest BCUT2D eigenvalue weighted by molar-refractivity contribution is 7.16. The zero-order chi connectivity index (χ0) is 16.3. The highest BCUT2D eigenvalue weighted by Gasteiger charge is 2.18. The predicted octanol–water partition coefficient (Wildman–Crippen LogP) is 2.77. The van der Waals surface area contributed by atoms with Crippen LogP contribution in [0.5, 0.6) is 5.88 Å². The monoisotopic (exact) mass is 326 g/mol. The van der Waals surface area contributed by atoms with Crippen LogP contribution in [0.3, 0.4) is 0 Å². The zero-order valence-electron chi connectivity index (χ0n) is 11.8. The lowest BCUT2D eigenvalue weighted by Gasteiger charge is -2.01. The number of halogens is 2. The largest absolute Gasteiger partial charge is 0.417 e. The molecule has 1 N–H and O–H groups in total. The molecule has 22 heavy (non-hydrogen) atoms. The second-order valence-corrected chi connectivity index (χ2v) is 5.38. The fourth-order valence-corrected chi connectivity index (χ4v) is 2.66. The molecule has 0 aliphatic rings. The number of nitriles is 1. The van der Waals surface area contributed by atoms with Crippen molar-refractivity contribution in [2.75, 3.05) is 5.32 Å². The highest BCUT2D eigenvalue weighted by atomic mass is 32.1. The summed E-state index contributed by atoms with van der Waals surface area (Å²) in [5.74, 6) is -0.818. The van der Waals surface area contributed by atoms with Crippen molar-refractivity contribution in [1.29, 1.82) is 5.26 Å². The molecule has 2 rings (SSSR count). The van der Waals surface area contributed by atoms with E-state index in [1.54, 1.807) is 6.07 Å². The highest BCUT2D eigenvalue weighted by Crippen LogP contribution is 2.28. The number of hydrogen-bond acceptors (Lipinski definition) is 5. The molecule has 0 aliphatic heterocycles. The van der Waals surface area contributed by atoms with Crippen LogP contribution in [0.15, 0.2) is 12.1 Å². The third-order valence-electron chi connectivity index (χ3n) is 2.76. The maximum atomic E-state index is 12.2. The molecule has 0 spiro atoms. The van der Waals surface area contributed by atoms with Crippen LogP contribution in [-0.2, 0) is 13.5 Å². The van der Waals surface area contributed by atoms with Crippen LogP contribution in [0.2, 0.25) is 0 Å². The number of alkyl halides is 2. The fraction of sp³-hybridized carbons (Fsp3) is 0.308. The molecule has 6 nitrogen and oxygen atoms in total. The summed E-state index contributed by atoms with van der Waals surface area (Å²) in [6, 6.07) is 4.81. The Labute approximate surface area is 128 Å². The van der Waals surface area contributed by atoms with Gasteiger partial charge in [-0.3, -0.25) is 4.79 Å². The van der Waals surface area contributed by atoms with E-state index in [4.69, 9.17) is 5.26 Å². The lowest BCUT2D eigenvalue weighted by atomic mass is 10.3. The van der Waals surface area contributed by atoms with Crippen LogP contribution < -0.4 is 10.1 Å². The van der Waals surface area contributed by atoms with E-state index in [1.807, 2.05) is 13.0 Å². The summed E-state index contributed by atoms with van der Waals surface area (Å²) in [7, 11) is 1.38. The standard InChI is InChI=1S/C13H12F2N4O2S/c1-3-8-4-7(6-16)12(22-8)17-11(20)9-5-10(19(2)18-9)21-13(14)15/h4-5,13H,3H2,1-2H3,(H,17,20). The molecular formula is C13H12F2N4O2S. The first-order valence-corrected chi connectivity index (χ1v) is 7.09. The molecule has 116 valence electrons. The Morgan fingerprint density at radius 1 is 1.59 bits per heavy atom. The number of carbonyl (C=O) groups is 1. The molecule has 0 atom stereocenters. The van der Waals surface area contributed by atoms with E-state index in [0.29, 0.717) is 10.6 Å². The minimum absolute atomic E-state index is 0.0755. The number of nitrogens with zero attached hydrogens (tertiary/aromatic N) is 3. The Bertz CT molecular complexity index is 733. The second kappa shape index (κ2) is 6.53. The molecule has 0 unspecified atom stereocenters. The summed E-state index contributed by atoms with van der Waals surface area (Å²) in [6.45, 7) is -1.06. The van der Waals surface area contributed by atoms with Gasteiger partial charge in [0.1, 0.15) is 11.1 Å². The van der Waals surface area contributed by atoms with Gasteiger partial charge in [-0.2, -0.15) is 19.1 Å². The first-order valence-electron chi connectivity index (χ1n) is 6.27. The molecule has 9 heteroatoms. The van der Waals surface area contributed by atoms with Crippen LogP contribution in [0.4, 0.5) is 13.8 Å². The average Bonchev–Trinajstić information content (AvgIpc) is 3.02. The fourth-order valence-electron chi connectivity index (χ4n) is 1.72. The van der Waals surface area contributed by atoms with Gasteiger partial charge in [0.25, 0.3) is 5.91 Å². The molecule has 2 aromatic heterocycles. The van der Waals surface area contributed by atoms with E-state index in [1.165, 1.54) is 18.4 Å². The number of ether oxygens (including phenoxy) is 1. The summed E-state index contributed by atoms with van der Waals surface area (Å²) >= 11 is 1.29. The van der Waals surface area contributed by atoms with Crippen LogP contribution in [0.25, 0.3) is 0 Å². The van der Waals surface area contributed by atoms with Crippen molar-refractivity contribution < 1.29 is 18.3 Å². The van der Waals surface area contributed by atoms with E-state index in [2.05, 4.69) is 15.2 Å². The lowest BCUT2D eigenvalue weighted by Crippen LogP contribution is -2.12. The number of anilines is 1. The van der Waals surface area contributed by atoms with E-state index in [9.17, 15) is 13.6 Å². The first kappa shape index (κ1) is 15.9. The minimum atomic E-state index is -3.00. The van der Waals surface area contributed by atoms with Crippen molar-refractivity contribution in [3.63, 3.8) is 0 Å². The van der Waals surface area contributed by atoms with Gasteiger partial charge in [0.15, 0.2) is 5.69 Å². The van der Waals surface area contributed by atoms with E-state index in [-0.39, 0.29) is 11.6 Å². The molecule has 0 aliphatic carbocycles. The van der Waals surface area contributed by atoms with Gasteiger partial charge in [0.2, 0.25) is 5.88 Å². The second-order valence-electron chi connectivity index (χ2n) is 4.24. The van der Waals surface area contributed by atoms with Crippen LogP contribution in [0, 0.1) is 11.3 Å². The third-order valence-corrected chi connectivity index (χ3v) is 3.95. The molecule has 0 saturated carbocycles. The molecule has 0 bridgehead atoms. The lowest BCUT2D eigenvalue weighted by molar-refractivity contribution is -0.0553. The van der Waals surface area contributed by atoms with Gasteiger partial charge in [-0.25, -0.2) is 4.68 Å².